The van der Waals surface area contributed by atoms with Gasteiger partial charge in [-0.15, -0.1) is 0 Å². The Morgan fingerprint density at radius 1 is 0.600 bits per heavy atom. The predicted molar refractivity (Wildman–Crippen MR) is 52.9 cm³/mol. The Morgan fingerprint density at radius 3 is 1.07 bits per heavy atom. The second-order valence-corrected chi connectivity index (χ2v) is 3.13. The molecule has 0 spiro atoms. The standard InChI is InChI=1S/C6H12B3F3O3/c10-4-1-7-13-8(2-5-11)15-9(14-7)3-6-12/h1-6H2. The van der Waals surface area contributed by atoms with Gasteiger partial charge in [-0.3, -0.25) is 13.2 Å². The Bertz CT molecular complexity index is 144. The minimum Gasteiger partial charge on any atom is -0.452 e. The fourth-order valence-electron chi connectivity index (χ4n) is 1.28. The molecule has 84 valence electrons. The molecule has 0 saturated carbocycles. The molecule has 1 saturated heterocycles. The number of hydrogen-bond donors (Lipinski definition) is 0. The van der Waals surface area contributed by atoms with E-state index in [-0.39, 0.29) is 19.0 Å². The molecule has 1 heterocycles. The highest BCUT2D eigenvalue weighted by atomic mass is 19.1. The van der Waals surface area contributed by atoms with Crippen LogP contribution in [0.3, 0.4) is 0 Å². The lowest BCUT2D eigenvalue weighted by molar-refractivity contribution is 0.268. The summed E-state index contributed by atoms with van der Waals surface area (Å²) in [4.78, 5) is 0. The molecule has 0 unspecified atom stereocenters. The van der Waals surface area contributed by atoms with E-state index in [1.54, 1.807) is 0 Å². The van der Waals surface area contributed by atoms with E-state index in [2.05, 4.69) is 0 Å². The number of halogens is 3. The zero-order valence-electron chi connectivity index (χ0n) is 8.33. The first-order valence-electron chi connectivity index (χ1n) is 4.94. The molecule has 0 aromatic carbocycles. The van der Waals surface area contributed by atoms with E-state index in [1.807, 2.05) is 0 Å². The highest BCUT2D eigenvalue weighted by Gasteiger charge is 2.39. The SMILES string of the molecule is FCCB1OB(CCF)OB(CCF)O1. The van der Waals surface area contributed by atoms with Gasteiger partial charge in [0.1, 0.15) is 0 Å². The first-order chi connectivity index (χ1) is 7.30. The average Bonchev–Trinajstić information content (AvgIpc) is 2.19. The van der Waals surface area contributed by atoms with Crippen LogP contribution < -0.4 is 0 Å². The normalized spacial score (nSPS) is 17.4. The molecule has 15 heavy (non-hydrogen) atoms. The molecule has 1 aliphatic rings. The Balaban J connectivity index is 2.40. The van der Waals surface area contributed by atoms with Crippen molar-refractivity contribution in [1.82, 2.24) is 0 Å². The summed E-state index contributed by atoms with van der Waals surface area (Å²) in [6.07, 6.45) is 0.152. The zero-order chi connectivity index (χ0) is 11.1. The minimum absolute atomic E-state index is 0.0505. The molecule has 0 aromatic heterocycles. The van der Waals surface area contributed by atoms with Crippen molar-refractivity contribution < 1.29 is 26.9 Å². The number of hydrogen-bond acceptors (Lipinski definition) is 3. The monoisotopic (exact) mass is 222 g/mol. The van der Waals surface area contributed by atoms with Crippen molar-refractivity contribution in [2.45, 2.75) is 19.0 Å². The molecule has 0 aromatic rings. The molecular formula is C6H12B3F3O3. The molecular weight excluding hydrogens is 209 g/mol. The molecule has 1 rings (SSSR count). The summed E-state index contributed by atoms with van der Waals surface area (Å²) in [7, 11) is -2.30. The molecule has 1 aliphatic heterocycles. The van der Waals surface area contributed by atoms with Gasteiger partial charge in [0.15, 0.2) is 0 Å². The second kappa shape index (κ2) is 7.19. The van der Waals surface area contributed by atoms with E-state index in [0.29, 0.717) is 0 Å². The highest BCUT2D eigenvalue weighted by Crippen LogP contribution is 2.16. The van der Waals surface area contributed by atoms with Crippen molar-refractivity contribution >= 4 is 21.4 Å². The smallest absolute Gasteiger partial charge is 0.432 e. The van der Waals surface area contributed by atoms with Gasteiger partial charge in [-0.05, 0) is 0 Å². The molecule has 3 nitrogen and oxygen atoms in total. The number of rotatable bonds is 6. The fourth-order valence-corrected chi connectivity index (χ4v) is 1.28. The molecule has 0 N–H and O–H groups in total. The Kier molecular flexibility index (Phi) is 6.20. The lowest BCUT2D eigenvalue weighted by atomic mass is 9.66. The summed E-state index contributed by atoms with van der Waals surface area (Å²) in [6, 6.07) is 0. The zero-order valence-corrected chi connectivity index (χ0v) is 8.33. The lowest BCUT2D eigenvalue weighted by Crippen LogP contribution is -2.49. The summed E-state index contributed by atoms with van der Waals surface area (Å²) in [5.74, 6) is 0. The summed E-state index contributed by atoms with van der Waals surface area (Å²) in [6.45, 7) is -1.81. The van der Waals surface area contributed by atoms with Crippen molar-refractivity contribution in [2.24, 2.45) is 0 Å². The molecule has 0 amide bonds. The van der Waals surface area contributed by atoms with E-state index < -0.39 is 41.4 Å². The molecule has 0 radical (unpaired) electrons. The maximum atomic E-state index is 12.1. The molecule has 1 fully saturated rings. The van der Waals surface area contributed by atoms with E-state index in [9.17, 15) is 13.2 Å². The van der Waals surface area contributed by atoms with Gasteiger partial charge in [-0.25, -0.2) is 0 Å². The van der Waals surface area contributed by atoms with E-state index in [0.717, 1.165) is 0 Å². The van der Waals surface area contributed by atoms with Crippen LogP contribution in [0.25, 0.3) is 0 Å². The van der Waals surface area contributed by atoms with Gasteiger partial charge in [-0.2, -0.15) is 0 Å². The topological polar surface area (TPSA) is 27.7 Å². The van der Waals surface area contributed by atoms with E-state index in [1.165, 1.54) is 0 Å². The summed E-state index contributed by atoms with van der Waals surface area (Å²) < 4.78 is 51.5. The van der Waals surface area contributed by atoms with Gasteiger partial charge >= 0.3 is 21.4 Å². The first-order valence-corrected chi connectivity index (χ1v) is 4.94. The maximum absolute atomic E-state index is 12.1. The van der Waals surface area contributed by atoms with Crippen LogP contribution in [0, 0.1) is 0 Å². The van der Waals surface area contributed by atoms with Gasteiger partial charge in [0.05, 0.1) is 20.0 Å². The number of alkyl halides is 3. The second-order valence-electron chi connectivity index (χ2n) is 3.13. The van der Waals surface area contributed by atoms with Crippen LogP contribution in [0.4, 0.5) is 13.2 Å². The third-order valence-electron chi connectivity index (χ3n) is 1.95. The molecule has 9 heteroatoms. The summed E-state index contributed by atoms with van der Waals surface area (Å²) in [5.41, 5.74) is 0. The highest BCUT2D eigenvalue weighted by molar-refractivity contribution is 6.73. The van der Waals surface area contributed by atoms with Crippen LogP contribution in [0.1, 0.15) is 0 Å². The van der Waals surface area contributed by atoms with Crippen molar-refractivity contribution in [1.29, 1.82) is 0 Å². The minimum atomic E-state index is -0.767. The Morgan fingerprint density at radius 2 is 0.867 bits per heavy atom. The average molecular weight is 222 g/mol. The Labute approximate surface area is 88.1 Å². The quantitative estimate of drug-likeness (QED) is 0.635. The lowest BCUT2D eigenvalue weighted by Gasteiger charge is -2.30. The van der Waals surface area contributed by atoms with Gasteiger partial charge < -0.3 is 13.7 Å². The summed E-state index contributed by atoms with van der Waals surface area (Å²) >= 11 is 0. The van der Waals surface area contributed by atoms with Crippen molar-refractivity contribution in [3.05, 3.63) is 0 Å². The molecule has 0 aliphatic carbocycles. The van der Waals surface area contributed by atoms with E-state index in [4.69, 9.17) is 13.7 Å². The van der Waals surface area contributed by atoms with Crippen LogP contribution >= 0.6 is 0 Å². The van der Waals surface area contributed by atoms with Crippen molar-refractivity contribution in [3.63, 3.8) is 0 Å². The van der Waals surface area contributed by atoms with Gasteiger partial charge in [0.25, 0.3) is 0 Å². The third-order valence-corrected chi connectivity index (χ3v) is 1.95. The maximum Gasteiger partial charge on any atom is 0.432 e. The van der Waals surface area contributed by atoms with Crippen molar-refractivity contribution in [3.8, 4) is 0 Å². The molecule has 0 bridgehead atoms. The third kappa shape index (κ3) is 4.48. The van der Waals surface area contributed by atoms with Crippen LogP contribution in [0.2, 0.25) is 19.0 Å². The van der Waals surface area contributed by atoms with Crippen LogP contribution in [0.5, 0.6) is 0 Å². The van der Waals surface area contributed by atoms with Crippen LogP contribution in [-0.2, 0) is 13.7 Å². The van der Waals surface area contributed by atoms with Gasteiger partial charge in [0.2, 0.25) is 0 Å². The predicted octanol–water partition coefficient (Wildman–Crippen LogP) is 1.42. The van der Waals surface area contributed by atoms with Crippen molar-refractivity contribution in [2.75, 3.05) is 20.0 Å². The van der Waals surface area contributed by atoms with Gasteiger partial charge in [-0.1, -0.05) is 0 Å². The first kappa shape index (κ1) is 12.9. The Hall–Kier alpha value is -0.135. The largest absolute Gasteiger partial charge is 0.452 e. The molecule has 0 atom stereocenters. The van der Waals surface area contributed by atoms with Crippen LogP contribution in [0.15, 0.2) is 0 Å². The summed E-state index contributed by atoms with van der Waals surface area (Å²) in [5, 5.41) is 0. The van der Waals surface area contributed by atoms with Crippen LogP contribution in [-0.4, -0.2) is 41.4 Å². The van der Waals surface area contributed by atoms with Gasteiger partial charge in [0, 0.05) is 19.0 Å². The van der Waals surface area contributed by atoms with E-state index >= 15 is 0 Å². The fraction of sp³-hybridized carbons (Fsp3) is 1.00.